The van der Waals surface area contributed by atoms with E-state index < -0.39 is 0 Å². The molecule has 0 bridgehead atoms. The van der Waals surface area contributed by atoms with E-state index in [1.807, 2.05) is 0 Å². The van der Waals surface area contributed by atoms with E-state index in [0.29, 0.717) is 23.2 Å². The summed E-state index contributed by atoms with van der Waals surface area (Å²) in [5, 5.41) is 0. The fourth-order valence-electron chi connectivity index (χ4n) is 1.57. The lowest BCUT2D eigenvalue weighted by atomic mass is 10.0. The van der Waals surface area contributed by atoms with Crippen molar-refractivity contribution < 1.29 is 8.78 Å². The molecule has 2 aromatic carbocycles. The second kappa shape index (κ2) is 4.31. The molecule has 0 aromatic heterocycles. The monoisotopic (exact) mass is 219 g/mol. The number of hydrogen-bond donors (Lipinski definition) is 1. The summed E-state index contributed by atoms with van der Waals surface area (Å²) in [5.74, 6) is -0.660. The smallest absolute Gasteiger partial charge is 0.126 e. The molecule has 0 spiro atoms. The molecular formula is C13H11F2N. The van der Waals surface area contributed by atoms with Gasteiger partial charge in [-0.3, -0.25) is 0 Å². The lowest BCUT2D eigenvalue weighted by Gasteiger charge is -2.06. The number of nitrogen functional groups attached to an aromatic ring is 1. The van der Waals surface area contributed by atoms with Gasteiger partial charge in [-0.05, 0) is 35.4 Å². The first-order chi connectivity index (χ1) is 7.66. The molecule has 0 saturated heterocycles. The van der Waals surface area contributed by atoms with Gasteiger partial charge in [0.05, 0.1) is 0 Å². The Morgan fingerprint density at radius 1 is 0.938 bits per heavy atom. The molecule has 0 unspecified atom stereocenters. The van der Waals surface area contributed by atoms with Gasteiger partial charge in [0.2, 0.25) is 0 Å². The van der Waals surface area contributed by atoms with Crippen molar-refractivity contribution in [1.29, 1.82) is 0 Å². The summed E-state index contributed by atoms with van der Waals surface area (Å²) in [4.78, 5) is 0. The summed E-state index contributed by atoms with van der Waals surface area (Å²) in [6, 6.07) is 10.5. The molecule has 82 valence electrons. The molecule has 0 atom stereocenters. The lowest BCUT2D eigenvalue weighted by Crippen LogP contribution is -1.98. The molecule has 16 heavy (non-hydrogen) atoms. The van der Waals surface area contributed by atoms with Crippen LogP contribution in [0.3, 0.4) is 0 Å². The van der Waals surface area contributed by atoms with Crippen molar-refractivity contribution in [3.8, 4) is 0 Å². The van der Waals surface area contributed by atoms with Gasteiger partial charge in [-0.2, -0.15) is 0 Å². The lowest BCUT2D eigenvalue weighted by molar-refractivity contribution is 0.611. The number of nitrogens with two attached hydrogens (primary N) is 1. The van der Waals surface area contributed by atoms with Crippen molar-refractivity contribution in [3.05, 3.63) is 65.2 Å². The Morgan fingerprint density at radius 2 is 1.69 bits per heavy atom. The maximum atomic E-state index is 13.4. The molecule has 0 radical (unpaired) electrons. The summed E-state index contributed by atoms with van der Waals surface area (Å²) >= 11 is 0. The highest BCUT2D eigenvalue weighted by Gasteiger charge is 2.06. The number of rotatable bonds is 2. The molecule has 1 nitrogen and oxygen atoms in total. The van der Waals surface area contributed by atoms with Crippen LogP contribution in [0.15, 0.2) is 42.5 Å². The summed E-state index contributed by atoms with van der Waals surface area (Å²) in [6.07, 6.45) is 0.302. The zero-order valence-electron chi connectivity index (χ0n) is 8.58. The Hall–Kier alpha value is -1.90. The molecule has 0 aliphatic rings. The fraction of sp³-hybridized carbons (Fsp3) is 0.0769. The van der Waals surface area contributed by atoms with Crippen LogP contribution >= 0.6 is 0 Å². The van der Waals surface area contributed by atoms with Gasteiger partial charge in [0.25, 0.3) is 0 Å². The molecule has 0 saturated carbocycles. The van der Waals surface area contributed by atoms with Crippen LogP contribution in [0.25, 0.3) is 0 Å². The van der Waals surface area contributed by atoms with Crippen molar-refractivity contribution in [2.24, 2.45) is 0 Å². The van der Waals surface area contributed by atoms with Crippen LogP contribution in [-0.4, -0.2) is 0 Å². The van der Waals surface area contributed by atoms with Gasteiger partial charge >= 0.3 is 0 Å². The van der Waals surface area contributed by atoms with Gasteiger partial charge in [-0.15, -0.1) is 0 Å². The normalized spacial score (nSPS) is 10.4. The van der Waals surface area contributed by atoms with Gasteiger partial charge in [-0.1, -0.05) is 18.2 Å². The minimum absolute atomic E-state index is 0.300. The molecule has 2 rings (SSSR count). The summed E-state index contributed by atoms with van der Waals surface area (Å²) in [5.41, 5.74) is 7.29. The van der Waals surface area contributed by atoms with Crippen molar-refractivity contribution in [2.75, 3.05) is 5.73 Å². The average molecular weight is 219 g/mol. The minimum atomic E-state index is -0.361. The molecule has 0 heterocycles. The maximum absolute atomic E-state index is 13.4. The van der Waals surface area contributed by atoms with E-state index in [2.05, 4.69) is 0 Å². The number of benzene rings is 2. The highest BCUT2D eigenvalue weighted by atomic mass is 19.1. The third-order valence-corrected chi connectivity index (χ3v) is 2.44. The van der Waals surface area contributed by atoms with Crippen molar-refractivity contribution in [1.82, 2.24) is 0 Å². The fourth-order valence-corrected chi connectivity index (χ4v) is 1.57. The standard InChI is InChI=1S/C13H11F2N/c14-11-5-6-13(16)10(8-11)7-9-3-1-2-4-12(9)15/h1-6,8H,7,16H2. The first kappa shape index (κ1) is 10.6. The SMILES string of the molecule is Nc1ccc(F)cc1Cc1ccccc1F. The van der Waals surface area contributed by atoms with E-state index in [9.17, 15) is 8.78 Å². The van der Waals surface area contributed by atoms with Crippen LogP contribution in [0.1, 0.15) is 11.1 Å². The summed E-state index contributed by atoms with van der Waals surface area (Å²) in [6.45, 7) is 0. The molecule has 2 N–H and O–H groups in total. The minimum Gasteiger partial charge on any atom is -0.398 e. The molecular weight excluding hydrogens is 208 g/mol. The highest BCUT2D eigenvalue weighted by Crippen LogP contribution is 2.19. The van der Waals surface area contributed by atoms with Gasteiger partial charge in [-0.25, -0.2) is 8.78 Å². The maximum Gasteiger partial charge on any atom is 0.126 e. The molecule has 0 aliphatic heterocycles. The molecule has 2 aromatic rings. The third-order valence-electron chi connectivity index (χ3n) is 2.44. The van der Waals surface area contributed by atoms with Gasteiger partial charge in [0.1, 0.15) is 11.6 Å². The molecule has 0 fully saturated rings. The highest BCUT2D eigenvalue weighted by molar-refractivity contribution is 5.48. The van der Waals surface area contributed by atoms with E-state index >= 15 is 0 Å². The quantitative estimate of drug-likeness (QED) is 0.771. The topological polar surface area (TPSA) is 26.0 Å². The molecule has 3 heteroatoms. The van der Waals surface area contributed by atoms with Crippen LogP contribution in [0.5, 0.6) is 0 Å². The molecule has 0 aliphatic carbocycles. The molecule has 0 amide bonds. The van der Waals surface area contributed by atoms with E-state index in [0.717, 1.165) is 0 Å². The van der Waals surface area contributed by atoms with Crippen molar-refractivity contribution in [2.45, 2.75) is 6.42 Å². The van der Waals surface area contributed by atoms with Gasteiger partial charge in [0.15, 0.2) is 0 Å². The number of halogens is 2. The average Bonchev–Trinajstić information content (AvgIpc) is 2.27. The van der Waals surface area contributed by atoms with Crippen molar-refractivity contribution >= 4 is 5.69 Å². The van der Waals surface area contributed by atoms with Gasteiger partial charge in [0, 0.05) is 12.1 Å². The predicted octanol–water partition coefficient (Wildman–Crippen LogP) is 3.14. The Bertz CT molecular complexity index is 509. The van der Waals surface area contributed by atoms with Crippen LogP contribution in [0.4, 0.5) is 14.5 Å². The van der Waals surface area contributed by atoms with Crippen LogP contribution in [0.2, 0.25) is 0 Å². The summed E-state index contributed by atoms with van der Waals surface area (Å²) in [7, 11) is 0. The predicted molar refractivity (Wildman–Crippen MR) is 60.0 cm³/mol. The zero-order valence-corrected chi connectivity index (χ0v) is 8.58. The second-order valence-electron chi connectivity index (χ2n) is 3.61. The first-order valence-electron chi connectivity index (χ1n) is 4.94. The van der Waals surface area contributed by atoms with E-state index in [1.165, 1.54) is 24.3 Å². The zero-order chi connectivity index (χ0) is 11.5. The van der Waals surface area contributed by atoms with Crippen LogP contribution in [-0.2, 0) is 6.42 Å². The largest absolute Gasteiger partial charge is 0.398 e. The Balaban J connectivity index is 2.34. The van der Waals surface area contributed by atoms with Gasteiger partial charge < -0.3 is 5.73 Å². The second-order valence-corrected chi connectivity index (χ2v) is 3.61. The van der Waals surface area contributed by atoms with Crippen LogP contribution in [0, 0.1) is 11.6 Å². The van der Waals surface area contributed by atoms with Crippen LogP contribution < -0.4 is 5.73 Å². The van der Waals surface area contributed by atoms with E-state index in [4.69, 9.17) is 5.73 Å². The number of anilines is 1. The summed E-state index contributed by atoms with van der Waals surface area (Å²) < 4.78 is 26.4. The van der Waals surface area contributed by atoms with E-state index in [1.54, 1.807) is 18.2 Å². The Kier molecular flexibility index (Phi) is 2.86. The Morgan fingerprint density at radius 3 is 2.44 bits per heavy atom. The number of hydrogen-bond acceptors (Lipinski definition) is 1. The van der Waals surface area contributed by atoms with E-state index in [-0.39, 0.29) is 11.6 Å². The Labute approximate surface area is 92.5 Å². The first-order valence-corrected chi connectivity index (χ1v) is 4.94. The van der Waals surface area contributed by atoms with Crippen molar-refractivity contribution in [3.63, 3.8) is 0 Å². The third kappa shape index (κ3) is 2.19.